The lowest BCUT2D eigenvalue weighted by molar-refractivity contribution is 0.476. The predicted molar refractivity (Wildman–Crippen MR) is 114 cm³/mol. The highest BCUT2D eigenvalue weighted by Gasteiger charge is 2.11. The Hall–Kier alpha value is -3.22. The number of rotatable bonds is 4. The number of pyridine rings is 1. The minimum absolute atomic E-state index is 0.228. The number of benzene rings is 2. The fourth-order valence-electron chi connectivity index (χ4n) is 3.23. The van der Waals surface area contributed by atoms with Gasteiger partial charge in [-0.3, -0.25) is 9.78 Å². The molecule has 0 unspecified atom stereocenters. The van der Waals surface area contributed by atoms with E-state index in [4.69, 9.17) is 22.1 Å². The summed E-state index contributed by atoms with van der Waals surface area (Å²) in [6, 6.07) is 11.2. The third-order valence-corrected chi connectivity index (χ3v) is 5.45. The van der Waals surface area contributed by atoms with E-state index in [0.29, 0.717) is 27.6 Å². The van der Waals surface area contributed by atoms with Crippen LogP contribution in [0, 0.1) is 13.8 Å². The summed E-state index contributed by atoms with van der Waals surface area (Å²) in [6.45, 7) is 4.10. The number of aromatic nitrogens is 3. The molecule has 2 aromatic carbocycles. The topological polar surface area (TPSA) is 93.9 Å². The Kier molecular flexibility index (Phi) is 5.05. The van der Waals surface area contributed by atoms with Crippen LogP contribution in [0.1, 0.15) is 16.8 Å². The molecule has 0 bridgehead atoms. The van der Waals surface area contributed by atoms with Gasteiger partial charge in [-0.05, 0) is 49.2 Å². The summed E-state index contributed by atoms with van der Waals surface area (Å²) < 4.78 is 6.02. The van der Waals surface area contributed by atoms with Crippen molar-refractivity contribution >= 4 is 22.4 Å². The fourth-order valence-corrected chi connectivity index (χ4v) is 3.38. The highest BCUT2D eigenvalue weighted by molar-refractivity contribution is 6.32. The van der Waals surface area contributed by atoms with Gasteiger partial charge in [0.1, 0.15) is 11.5 Å². The molecule has 0 amide bonds. The van der Waals surface area contributed by atoms with Gasteiger partial charge in [0.2, 0.25) is 0 Å². The lowest BCUT2D eigenvalue weighted by atomic mass is 10.0. The number of hydrogen-bond acceptors (Lipinski definition) is 5. The number of halogens is 1. The molecule has 0 aliphatic rings. The number of aromatic amines is 1. The zero-order valence-electron chi connectivity index (χ0n) is 16.0. The van der Waals surface area contributed by atoms with Crippen LogP contribution < -0.4 is 16.0 Å². The van der Waals surface area contributed by atoms with Gasteiger partial charge in [-0.1, -0.05) is 23.7 Å². The molecule has 2 aromatic heterocycles. The van der Waals surface area contributed by atoms with E-state index < -0.39 is 0 Å². The van der Waals surface area contributed by atoms with Crippen LogP contribution in [-0.4, -0.2) is 15.2 Å². The van der Waals surface area contributed by atoms with E-state index in [9.17, 15) is 4.79 Å². The van der Waals surface area contributed by atoms with E-state index in [1.807, 2.05) is 44.2 Å². The van der Waals surface area contributed by atoms with Crippen molar-refractivity contribution in [3.63, 3.8) is 0 Å². The highest BCUT2D eigenvalue weighted by atomic mass is 35.5. The quantitative estimate of drug-likeness (QED) is 0.520. The molecule has 6 nitrogen and oxygen atoms in total. The van der Waals surface area contributed by atoms with Crippen LogP contribution in [0.4, 0.5) is 0 Å². The zero-order valence-corrected chi connectivity index (χ0v) is 16.7. The van der Waals surface area contributed by atoms with Crippen LogP contribution in [-0.2, 0) is 6.54 Å². The first-order valence-corrected chi connectivity index (χ1v) is 9.46. The first kappa shape index (κ1) is 19.1. The van der Waals surface area contributed by atoms with Gasteiger partial charge in [-0.15, -0.1) is 0 Å². The van der Waals surface area contributed by atoms with Crippen molar-refractivity contribution < 1.29 is 4.74 Å². The Balaban J connectivity index is 1.74. The summed E-state index contributed by atoms with van der Waals surface area (Å²) in [4.78, 5) is 16.3. The molecule has 0 aliphatic heterocycles. The second-order valence-corrected chi connectivity index (χ2v) is 7.17. The molecule has 0 radical (unpaired) electrons. The Morgan fingerprint density at radius 3 is 2.69 bits per heavy atom. The Morgan fingerprint density at radius 1 is 1.07 bits per heavy atom. The molecule has 0 aliphatic carbocycles. The van der Waals surface area contributed by atoms with E-state index in [0.717, 1.165) is 27.6 Å². The third-order valence-electron chi connectivity index (χ3n) is 4.86. The van der Waals surface area contributed by atoms with Gasteiger partial charge in [0.05, 0.1) is 22.3 Å². The van der Waals surface area contributed by atoms with E-state index in [1.54, 1.807) is 18.5 Å². The van der Waals surface area contributed by atoms with Crippen LogP contribution in [0.15, 0.2) is 53.6 Å². The van der Waals surface area contributed by atoms with Crippen molar-refractivity contribution in [1.82, 2.24) is 15.2 Å². The monoisotopic (exact) mass is 406 g/mol. The average molecular weight is 407 g/mol. The Morgan fingerprint density at radius 2 is 1.90 bits per heavy atom. The number of nitrogens with two attached hydrogens (primary N) is 1. The molecular formula is C22H19ClN4O2. The van der Waals surface area contributed by atoms with Gasteiger partial charge in [0, 0.05) is 29.3 Å². The SMILES string of the molecule is Cc1ccc(Oc2cncc(-c3ccc4c(=O)[nH]nc(CN)c4c3)c2)c(C)c1Cl. The van der Waals surface area contributed by atoms with Crippen molar-refractivity contribution in [1.29, 1.82) is 0 Å². The van der Waals surface area contributed by atoms with Gasteiger partial charge in [0.15, 0.2) is 0 Å². The normalized spacial score (nSPS) is 11.0. The Bertz CT molecular complexity index is 1280. The number of nitrogens with one attached hydrogen (secondary N) is 1. The molecule has 0 atom stereocenters. The van der Waals surface area contributed by atoms with E-state index in [-0.39, 0.29) is 12.1 Å². The summed E-state index contributed by atoms with van der Waals surface area (Å²) in [5, 5.41) is 8.48. The second kappa shape index (κ2) is 7.66. The molecule has 3 N–H and O–H groups in total. The summed E-state index contributed by atoms with van der Waals surface area (Å²) >= 11 is 6.33. The molecule has 4 aromatic rings. The smallest absolute Gasteiger partial charge is 0.272 e. The van der Waals surface area contributed by atoms with Crippen molar-refractivity contribution in [2.75, 3.05) is 0 Å². The van der Waals surface area contributed by atoms with Crippen molar-refractivity contribution in [2.24, 2.45) is 5.73 Å². The van der Waals surface area contributed by atoms with Gasteiger partial charge in [-0.2, -0.15) is 5.10 Å². The van der Waals surface area contributed by atoms with Crippen LogP contribution >= 0.6 is 11.6 Å². The zero-order chi connectivity index (χ0) is 20.5. The highest BCUT2D eigenvalue weighted by Crippen LogP contribution is 2.33. The largest absolute Gasteiger partial charge is 0.455 e. The van der Waals surface area contributed by atoms with Gasteiger partial charge in [-0.25, -0.2) is 5.10 Å². The Labute approximate surface area is 172 Å². The minimum atomic E-state index is -0.245. The maximum Gasteiger partial charge on any atom is 0.272 e. The van der Waals surface area contributed by atoms with E-state index in [1.165, 1.54) is 0 Å². The van der Waals surface area contributed by atoms with Crippen molar-refractivity contribution in [3.8, 4) is 22.6 Å². The number of aryl methyl sites for hydroxylation is 1. The molecule has 4 rings (SSSR count). The third kappa shape index (κ3) is 3.60. The summed E-state index contributed by atoms with van der Waals surface area (Å²) in [6.07, 6.45) is 3.39. The maximum atomic E-state index is 12.0. The summed E-state index contributed by atoms with van der Waals surface area (Å²) in [7, 11) is 0. The first-order valence-electron chi connectivity index (χ1n) is 9.08. The van der Waals surface area contributed by atoms with Gasteiger partial charge in [0.25, 0.3) is 5.56 Å². The molecule has 0 saturated carbocycles. The molecule has 0 spiro atoms. The van der Waals surface area contributed by atoms with Crippen LogP contribution in [0.3, 0.4) is 0 Å². The number of nitrogens with zero attached hydrogens (tertiary/aromatic N) is 2. The molecule has 146 valence electrons. The van der Waals surface area contributed by atoms with Crippen LogP contribution in [0.2, 0.25) is 5.02 Å². The first-order chi connectivity index (χ1) is 14.0. The van der Waals surface area contributed by atoms with E-state index in [2.05, 4.69) is 15.2 Å². The molecule has 0 saturated heterocycles. The lowest BCUT2D eigenvalue weighted by Gasteiger charge is -2.12. The van der Waals surface area contributed by atoms with Crippen LogP contribution in [0.25, 0.3) is 21.9 Å². The van der Waals surface area contributed by atoms with E-state index >= 15 is 0 Å². The standard InChI is InChI=1S/C22H19ClN4O2/c1-12-3-6-20(13(2)21(12)23)29-16-7-15(10-25-11-16)14-4-5-17-18(8-14)19(9-24)26-27-22(17)28/h3-8,10-11H,9,24H2,1-2H3,(H,27,28). The molecule has 7 heteroatoms. The fraction of sp³-hybridized carbons (Fsp3) is 0.136. The number of hydrogen-bond donors (Lipinski definition) is 2. The molecule has 29 heavy (non-hydrogen) atoms. The number of H-pyrrole nitrogens is 1. The second-order valence-electron chi connectivity index (χ2n) is 6.79. The van der Waals surface area contributed by atoms with Gasteiger partial charge < -0.3 is 10.5 Å². The predicted octanol–water partition coefficient (Wildman–Crippen LogP) is 4.51. The van der Waals surface area contributed by atoms with Crippen molar-refractivity contribution in [3.05, 3.63) is 81.0 Å². The van der Waals surface area contributed by atoms with Gasteiger partial charge >= 0.3 is 0 Å². The van der Waals surface area contributed by atoms with Crippen molar-refractivity contribution in [2.45, 2.75) is 20.4 Å². The lowest BCUT2D eigenvalue weighted by Crippen LogP contribution is -2.13. The van der Waals surface area contributed by atoms with Crippen LogP contribution in [0.5, 0.6) is 11.5 Å². The number of ether oxygens (including phenoxy) is 1. The summed E-state index contributed by atoms with van der Waals surface area (Å²) in [5.74, 6) is 1.27. The molecule has 0 fully saturated rings. The maximum absolute atomic E-state index is 12.0. The molecular weight excluding hydrogens is 388 g/mol. The average Bonchev–Trinajstić information content (AvgIpc) is 2.74. The molecule has 2 heterocycles. The minimum Gasteiger partial charge on any atom is -0.455 e. The summed E-state index contributed by atoms with van der Waals surface area (Å²) in [5.41, 5.74) is 9.77. The number of fused-ring (bicyclic) bond motifs is 1.